The maximum atomic E-state index is 7.35. The lowest BCUT2D eigenvalue weighted by Crippen LogP contribution is -2.31. The molecule has 1 unspecified atom stereocenters. The van der Waals surface area contributed by atoms with Gasteiger partial charge in [-0.3, -0.25) is 5.41 Å². The molecule has 0 fully saturated rings. The number of nitrogens with two attached hydrogens (primary N) is 1. The Kier molecular flexibility index (Phi) is 4.67. The van der Waals surface area contributed by atoms with Gasteiger partial charge in [0.25, 0.3) is 0 Å². The van der Waals surface area contributed by atoms with Crippen molar-refractivity contribution in [3.8, 4) is 0 Å². The maximum absolute atomic E-state index is 7.35. The molecule has 90 valence electrons. The average molecular weight is 241 g/mol. The highest BCUT2D eigenvalue weighted by atomic mass is 32.1. The molecule has 0 radical (unpaired) electrons. The smallest absolute Gasteiger partial charge is 0.204 e. The Morgan fingerprint density at radius 3 is 2.88 bits per heavy atom. The second-order valence-corrected chi connectivity index (χ2v) is 4.71. The summed E-state index contributed by atoms with van der Waals surface area (Å²) in [4.78, 5) is 6.44. The summed E-state index contributed by atoms with van der Waals surface area (Å²) in [6.07, 6.45) is 1.98. The van der Waals surface area contributed by atoms with Crippen molar-refractivity contribution in [2.45, 2.75) is 26.7 Å². The van der Waals surface area contributed by atoms with E-state index in [-0.39, 0.29) is 11.8 Å². The molecule has 0 aliphatic heterocycles. The summed E-state index contributed by atoms with van der Waals surface area (Å²) in [7, 11) is 1.95. The summed E-state index contributed by atoms with van der Waals surface area (Å²) in [6, 6.07) is 0. The highest BCUT2D eigenvalue weighted by Gasteiger charge is 2.13. The third kappa shape index (κ3) is 3.44. The standard InChI is InChI=1S/C10H19N5S/c1-4-5-8-13-10(16-14-8)15(3)6-7(2)9(11)12/h7H,4-6H2,1-3H3,(H3,11,12). The third-order valence-corrected chi connectivity index (χ3v) is 3.20. The SMILES string of the molecule is CCCc1nsc(N(C)CC(C)C(=N)N)n1. The van der Waals surface area contributed by atoms with Gasteiger partial charge in [0.05, 0.1) is 5.84 Å². The van der Waals surface area contributed by atoms with Crippen LogP contribution in [0.25, 0.3) is 0 Å². The second-order valence-electron chi connectivity index (χ2n) is 3.98. The minimum absolute atomic E-state index is 0.0449. The van der Waals surface area contributed by atoms with Crippen molar-refractivity contribution in [1.29, 1.82) is 5.41 Å². The fourth-order valence-electron chi connectivity index (χ4n) is 1.31. The van der Waals surface area contributed by atoms with E-state index in [9.17, 15) is 0 Å². The lowest BCUT2D eigenvalue weighted by Gasteiger charge is -2.19. The molecule has 3 N–H and O–H groups in total. The molecule has 6 heteroatoms. The van der Waals surface area contributed by atoms with Crippen LogP contribution in [0.4, 0.5) is 5.13 Å². The Hall–Kier alpha value is -1.17. The third-order valence-electron chi connectivity index (χ3n) is 2.34. The van der Waals surface area contributed by atoms with Crippen molar-refractivity contribution >= 4 is 22.5 Å². The van der Waals surface area contributed by atoms with Gasteiger partial charge in [0.15, 0.2) is 0 Å². The van der Waals surface area contributed by atoms with Gasteiger partial charge in [-0.25, -0.2) is 4.98 Å². The largest absolute Gasteiger partial charge is 0.387 e. The van der Waals surface area contributed by atoms with Gasteiger partial charge in [-0.15, -0.1) is 0 Å². The Labute approximate surface area is 100 Å². The van der Waals surface area contributed by atoms with Crippen molar-refractivity contribution in [2.24, 2.45) is 11.7 Å². The van der Waals surface area contributed by atoms with Gasteiger partial charge in [-0.05, 0) is 6.42 Å². The molecule has 16 heavy (non-hydrogen) atoms. The van der Waals surface area contributed by atoms with Gasteiger partial charge >= 0.3 is 0 Å². The fraction of sp³-hybridized carbons (Fsp3) is 0.700. The summed E-state index contributed by atoms with van der Waals surface area (Å²) < 4.78 is 4.28. The lowest BCUT2D eigenvalue weighted by molar-refractivity contribution is 0.725. The van der Waals surface area contributed by atoms with E-state index in [1.807, 2.05) is 18.9 Å². The van der Waals surface area contributed by atoms with E-state index < -0.39 is 0 Å². The van der Waals surface area contributed by atoms with Crippen LogP contribution in [0.15, 0.2) is 0 Å². The van der Waals surface area contributed by atoms with E-state index in [0.29, 0.717) is 6.54 Å². The molecule has 1 aromatic heterocycles. The highest BCUT2D eigenvalue weighted by Crippen LogP contribution is 2.17. The summed E-state index contributed by atoms with van der Waals surface area (Å²) in [5.41, 5.74) is 5.44. The summed E-state index contributed by atoms with van der Waals surface area (Å²) in [6.45, 7) is 4.76. The van der Waals surface area contributed by atoms with E-state index >= 15 is 0 Å². The van der Waals surface area contributed by atoms with Crippen molar-refractivity contribution in [3.63, 3.8) is 0 Å². The molecule has 0 aliphatic rings. The number of amidine groups is 1. The highest BCUT2D eigenvalue weighted by molar-refractivity contribution is 7.09. The second kappa shape index (κ2) is 5.79. The zero-order valence-electron chi connectivity index (χ0n) is 10.0. The molecule has 0 aliphatic carbocycles. The molecule has 1 heterocycles. The van der Waals surface area contributed by atoms with E-state index in [0.717, 1.165) is 23.8 Å². The molecule has 5 nitrogen and oxygen atoms in total. The first kappa shape index (κ1) is 12.9. The van der Waals surface area contributed by atoms with Crippen LogP contribution in [0, 0.1) is 11.3 Å². The monoisotopic (exact) mass is 241 g/mol. The topological polar surface area (TPSA) is 78.9 Å². The molecule has 0 aromatic carbocycles. The number of hydrogen-bond acceptors (Lipinski definition) is 5. The number of hydrogen-bond donors (Lipinski definition) is 2. The molecular weight excluding hydrogens is 222 g/mol. The number of nitrogens with one attached hydrogen (secondary N) is 1. The van der Waals surface area contributed by atoms with Crippen molar-refractivity contribution < 1.29 is 0 Å². The minimum Gasteiger partial charge on any atom is -0.387 e. The predicted molar refractivity (Wildman–Crippen MR) is 68.3 cm³/mol. The first-order valence-corrected chi connectivity index (χ1v) is 6.19. The summed E-state index contributed by atoms with van der Waals surface area (Å²) in [5.74, 6) is 1.17. The zero-order valence-corrected chi connectivity index (χ0v) is 10.8. The first-order valence-electron chi connectivity index (χ1n) is 5.42. The van der Waals surface area contributed by atoms with Crippen molar-refractivity contribution in [1.82, 2.24) is 9.36 Å². The maximum Gasteiger partial charge on any atom is 0.204 e. The molecule has 1 rings (SSSR count). The molecule has 0 saturated heterocycles. The molecule has 0 spiro atoms. The fourth-order valence-corrected chi connectivity index (χ4v) is 1.99. The van der Waals surface area contributed by atoms with Crippen LogP contribution < -0.4 is 10.6 Å². The number of nitrogens with zero attached hydrogens (tertiary/aromatic N) is 3. The van der Waals surface area contributed by atoms with Gasteiger partial charge in [-0.2, -0.15) is 4.37 Å². The molecule has 1 aromatic rings. The number of anilines is 1. The van der Waals surface area contributed by atoms with Crippen LogP contribution in [0.3, 0.4) is 0 Å². The minimum atomic E-state index is 0.0449. The van der Waals surface area contributed by atoms with E-state index in [4.69, 9.17) is 11.1 Å². The van der Waals surface area contributed by atoms with Crippen LogP contribution in [0.1, 0.15) is 26.1 Å². The molecule has 0 saturated carbocycles. The molecule has 0 amide bonds. The Bertz CT molecular complexity index is 349. The van der Waals surface area contributed by atoms with Crippen molar-refractivity contribution in [3.05, 3.63) is 5.82 Å². The van der Waals surface area contributed by atoms with Gasteiger partial charge in [0.2, 0.25) is 5.13 Å². The van der Waals surface area contributed by atoms with E-state index in [1.165, 1.54) is 11.5 Å². The van der Waals surface area contributed by atoms with E-state index in [1.54, 1.807) is 0 Å². The van der Waals surface area contributed by atoms with Crippen molar-refractivity contribution in [2.75, 3.05) is 18.5 Å². The zero-order chi connectivity index (χ0) is 12.1. The normalized spacial score (nSPS) is 12.4. The number of aromatic nitrogens is 2. The Morgan fingerprint density at radius 2 is 2.31 bits per heavy atom. The van der Waals surface area contributed by atoms with Gasteiger partial charge in [-0.1, -0.05) is 13.8 Å². The summed E-state index contributed by atoms with van der Waals surface area (Å²) >= 11 is 1.40. The molecular formula is C10H19N5S. The number of rotatable bonds is 6. The Balaban J connectivity index is 2.58. The lowest BCUT2D eigenvalue weighted by atomic mass is 10.1. The van der Waals surface area contributed by atoms with Gasteiger partial charge in [0.1, 0.15) is 5.82 Å². The average Bonchev–Trinajstić information content (AvgIpc) is 2.66. The molecule has 0 bridgehead atoms. The van der Waals surface area contributed by atoms with Crippen LogP contribution in [-0.2, 0) is 6.42 Å². The first-order chi connectivity index (χ1) is 7.54. The van der Waals surface area contributed by atoms with Gasteiger partial charge < -0.3 is 10.6 Å². The van der Waals surface area contributed by atoms with Crippen LogP contribution in [0.2, 0.25) is 0 Å². The quantitative estimate of drug-likeness (QED) is 0.584. The Morgan fingerprint density at radius 1 is 1.62 bits per heavy atom. The summed E-state index contributed by atoms with van der Waals surface area (Å²) in [5, 5.41) is 8.25. The molecule has 1 atom stereocenters. The van der Waals surface area contributed by atoms with Crippen LogP contribution in [-0.4, -0.2) is 28.8 Å². The number of aryl methyl sites for hydroxylation is 1. The van der Waals surface area contributed by atoms with Crippen LogP contribution in [0.5, 0.6) is 0 Å². The van der Waals surface area contributed by atoms with Gasteiger partial charge in [0, 0.05) is 37.5 Å². The van der Waals surface area contributed by atoms with E-state index in [2.05, 4.69) is 16.3 Å². The predicted octanol–water partition coefficient (Wildman–Crippen LogP) is 1.50. The van der Waals surface area contributed by atoms with Crippen LogP contribution >= 0.6 is 11.5 Å².